The molecule has 0 spiro atoms. The fraction of sp³-hybridized carbons (Fsp3) is 0. The Hall–Kier alpha value is -1.44. The fourth-order valence-corrected chi connectivity index (χ4v) is 0.727. The predicted octanol–water partition coefficient (Wildman–Crippen LogP) is 0.902. The first-order valence-electron chi connectivity index (χ1n) is 3.07. The fourth-order valence-electron chi connectivity index (χ4n) is 0.727. The second-order valence-corrected chi connectivity index (χ2v) is 1.99. The molecule has 0 bridgehead atoms. The number of hydrogen-bond acceptors (Lipinski definition) is 2. The topological polar surface area (TPSA) is 52.0 Å². The van der Waals surface area contributed by atoms with Crippen molar-refractivity contribution in [3.8, 4) is 0 Å². The van der Waals surface area contributed by atoms with Crippen molar-refractivity contribution in [1.29, 1.82) is 0 Å². The van der Waals surface area contributed by atoms with E-state index in [-0.39, 0.29) is 0 Å². The first-order valence-corrected chi connectivity index (χ1v) is 3.07. The average molecular weight is 134 g/mol. The van der Waals surface area contributed by atoms with E-state index in [0.717, 1.165) is 5.56 Å². The van der Waals surface area contributed by atoms with Crippen molar-refractivity contribution in [2.75, 3.05) is 0 Å². The SMILES string of the molecule is N/C=C(/N)c1ccccc1. The lowest BCUT2D eigenvalue weighted by Crippen LogP contribution is -1.98. The van der Waals surface area contributed by atoms with Gasteiger partial charge < -0.3 is 11.5 Å². The second kappa shape index (κ2) is 2.92. The maximum Gasteiger partial charge on any atom is 0.0545 e. The van der Waals surface area contributed by atoms with E-state index in [1.54, 1.807) is 0 Å². The highest BCUT2D eigenvalue weighted by Crippen LogP contribution is 2.04. The summed E-state index contributed by atoms with van der Waals surface area (Å²) in [6.07, 6.45) is 1.40. The zero-order valence-corrected chi connectivity index (χ0v) is 5.62. The lowest BCUT2D eigenvalue weighted by molar-refractivity contribution is 1.46. The van der Waals surface area contributed by atoms with Gasteiger partial charge in [-0.1, -0.05) is 30.3 Å². The van der Waals surface area contributed by atoms with Crippen LogP contribution >= 0.6 is 0 Å². The number of hydrogen-bond donors (Lipinski definition) is 2. The largest absolute Gasteiger partial charge is 0.403 e. The minimum absolute atomic E-state index is 0.612. The van der Waals surface area contributed by atoms with E-state index in [1.807, 2.05) is 30.3 Å². The van der Waals surface area contributed by atoms with Crippen molar-refractivity contribution in [2.24, 2.45) is 11.5 Å². The van der Waals surface area contributed by atoms with Gasteiger partial charge in [0, 0.05) is 6.20 Å². The molecule has 0 aliphatic rings. The Morgan fingerprint density at radius 1 is 1.20 bits per heavy atom. The minimum Gasteiger partial charge on any atom is -0.403 e. The maximum absolute atomic E-state index is 5.53. The van der Waals surface area contributed by atoms with Crippen LogP contribution in [0.4, 0.5) is 0 Å². The average Bonchev–Trinajstić information content (AvgIpc) is 2.05. The maximum atomic E-state index is 5.53. The molecule has 2 nitrogen and oxygen atoms in total. The number of benzene rings is 1. The third-order valence-corrected chi connectivity index (χ3v) is 1.29. The first-order chi connectivity index (χ1) is 4.84. The molecule has 0 saturated carbocycles. The number of rotatable bonds is 1. The summed E-state index contributed by atoms with van der Waals surface area (Å²) in [6.45, 7) is 0. The zero-order valence-electron chi connectivity index (χ0n) is 5.62. The van der Waals surface area contributed by atoms with Gasteiger partial charge in [0.2, 0.25) is 0 Å². The summed E-state index contributed by atoms with van der Waals surface area (Å²) in [5.41, 5.74) is 12.3. The van der Waals surface area contributed by atoms with Crippen molar-refractivity contribution in [1.82, 2.24) is 0 Å². The van der Waals surface area contributed by atoms with Crippen LogP contribution in [0.1, 0.15) is 5.56 Å². The molecule has 10 heavy (non-hydrogen) atoms. The van der Waals surface area contributed by atoms with Crippen LogP contribution in [-0.4, -0.2) is 0 Å². The zero-order chi connectivity index (χ0) is 7.40. The third-order valence-electron chi connectivity index (χ3n) is 1.29. The van der Waals surface area contributed by atoms with E-state index < -0.39 is 0 Å². The van der Waals surface area contributed by atoms with Crippen LogP contribution in [0.3, 0.4) is 0 Å². The van der Waals surface area contributed by atoms with E-state index in [0.29, 0.717) is 5.70 Å². The summed E-state index contributed by atoms with van der Waals surface area (Å²) in [5, 5.41) is 0. The van der Waals surface area contributed by atoms with E-state index in [2.05, 4.69) is 0 Å². The summed E-state index contributed by atoms with van der Waals surface area (Å²) < 4.78 is 0. The summed E-state index contributed by atoms with van der Waals surface area (Å²) in [4.78, 5) is 0. The van der Waals surface area contributed by atoms with E-state index in [9.17, 15) is 0 Å². The molecule has 0 amide bonds. The highest BCUT2D eigenvalue weighted by Gasteiger charge is 1.90. The molecule has 0 unspecified atom stereocenters. The summed E-state index contributed by atoms with van der Waals surface area (Å²) in [5.74, 6) is 0. The smallest absolute Gasteiger partial charge is 0.0545 e. The van der Waals surface area contributed by atoms with E-state index in [1.165, 1.54) is 6.20 Å². The Bertz CT molecular complexity index is 226. The van der Waals surface area contributed by atoms with Gasteiger partial charge in [-0.15, -0.1) is 0 Å². The highest BCUT2D eigenvalue weighted by atomic mass is 14.6. The number of nitrogens with two attached hydrogens (primary N) is 2. The molecule has 2 heteroatoms. The monoisotopic (exact) mass is 134 g/mol. The van der Waals surface area contributed by atoms with Crippen LogP contribution in [0.25, 0.3) is 5.70 Å². The van der Waals surface area contributed by atoms with Gasteiger partial charge in [0.25, 0.3) is 0 Å². The molecular weight excluding hydrogens is 124 g/mol. The van der Waals surface area contributed by atoms with Crippen molar-refractivity contribution in [2.45, 2.75) is 0 Å². The Labute approximate surface area is 60.2 Å². The predicted molar refractivity (Wildman–Crippen MR) is 42.8 cm³/mol. The molecule has 1 aromatic carbocycles. The molecule has 4 N–H and O–H groups in total. The lowest BCUT2D eigenvalue weighted by atomic mass is 10.2. The second-order valence-electron chi connectivity index (χ2n) is 1.99. The molecule has 1 rings (SSSR count). The molecular formula is C8H10N2. The Morgan fingerprint density at radius 2 is 1.80 bits per heavy atom. The van der Waals surface area contributed by atoms with Crippen molar-refractivity contribution in [3.05, 3.63) is 42.1 Å². The molecule has 0 aromatic heterocycles. The van der Waals surface area contributed by atoms with Gasteiger partial charge >= 0.3 is 0 Å². The van der Waals surface area contributed by atoms with Gasteiger partial charge in [0.1, 0.15) is 0 Å². The molecule has 0 atom stereocenters. The van der Waals surface area contributed by atoms with E-state index >= 15 is 0 Å². The summed E-state index contributed by atoms with van der Waals surface area (Å²) in [6, 6.07) is 9.61. The normalized spacial score (nSPS) is 11.4. The van der Waals surface area contributed by atoms with Crippen LogP contribution in [0.5, 0.6) is 0 Å². The van der Waals surface area contributed by atoms with Gasteiger partial charge in [-0.2, -0.15) is 0 Å². The molecule has 0 aliphatic carbocycles. The van der Waals surface area contributed by atoms with Crippen LogP contribution < -0.4 is 11.5 Å². The van der Waals surface area contributed by atoms with Crippen LogP contribution in [0, 0.1) is 0 Å². The van der Waals surface area contributed by atoms with E-state index in [4.69, 9.17) is 11.5 Å². The molecule has 0 radical (unpaired) electrons. The molecule has 52 valence electrons. The van der Waals surface area contributed by atoms with Crippen LogP contribution in [-0.2, 0) is 0 Å². The molecule has 0 fully saturated rings. The lowest BCUT2D eigenvalue weighted by Gasteiger charge is -1.97. The molecule has 0 saturated heterocycles. The summed E-state index contributed by atoms with van der Waals surface area (Å²) >= 11 is 0. The van der Waals surface area contributed by atoms with Crippen LogP contribution in [0.2, 0.25) is 0 Å². The molecule has 0 aliphatic heterocycles. The van der Waals surface area contributed by atoms with Crippen LogP contribution in [0.15, 0.2) is 36.5 Å². The Balaban J connectivity index is 2.96. The van der Waals surface area contributed by atoms with Gasteiger partial charge in [-0.3, -0.25) is 0 Å². The van der Waals surface area contributed by atoms with Gasteiger partial charge in [-0.25, -0.2) is 0 Å². The van der Waals surface area contributed by atoms with Gasteiger partial charge in [0.15, 0.2) is 0 Å². The standard InChI is InChI=1S/C8H10N2/c9-6-8(10)7-4-2-1-3-5-7/h1-6H,9-10H2/b8-6+. The summed E-state index contributed by atoms with van der Waals surface area (Å²) in [7, 11) is 0. The molecule has 0 heterocycles. The Morgan fingerprint density at radius 3 is 2.30 bits per heavy atom. The van der Waals surface area contributed by atoms with Crippen molar-refractivity contribution in [3.63, 3.8) is 0 Å². The Kier molecular flexibility index (Phi) is 1.95. The van der Waals surface area contributed by atoms with Crippen molar-refractivity contribution >= 4 is 5.70 Å². The first kappa shape index (κ1) is 6.68. The quantitative estimate of drug-likeness (QED) is 0.599. The molecule has 1 aromatic rings. The third kappa shape index (κ3) is 1.29. The van der Waals surface area contributed by atoms with Gasteiger partial charge in [0.05, 0.1) is 5.70 Å². The van der Waals surface area contributed by atoms with Gasteiger partial charge in [-0.05, 0) is 5.56 Å². The van der Waals surface area contributed by atoms with Crippen molar-refractivity contribution < 1.29 is 0 Å². The minimum atomic E-state index is 0.612. The highest BCUT2D eigenvalue weighted by molar-refractivity contribution is 5.61.